The number of aromatic nitrogens is 3. The molecule has 2 aromatic rings. The highest BCUT2D eigenvalue weighted by molar-refractivity contribution is 5.13. The predicted octanol–water partition coefficient (Wildman–Crippen LogP) is 2.99. The lowest BCUT2D eigenvalue weighted by atomic mass is 9.94. The summed E-state index contributed by atoms with van der Waals surface area (Å²) in [7, 11) is 0. The van der Waals surface area contributed by atoms with Crippen molar-refractivity contribution in [3.8, 4) is 0 Å². The van der Waals surface area contributed by atoms with E-state index in [0.29, 0.717) is 19.6 Å². The van der Waals surface area contributed by atoms with Crippen LogP contribution in [-0.4, -0.2) is 45.2 Å². The van der Waals surface area contributed by atoms with Crippen LogP contribution in [0.25, 0.3) is 0 Å². The Balaban J connectivity index is 1.28. The van der Waals surface area contributed by atoms with Crippen molar-refractivity contribution < 1.29 is 19.3 Å². The van der Waals surface area contributed by atoms with Crippen LogP contribution in [0.15, 0.2) is 36.5 Å². The summed E-state index contributed by atoms with van der Waals surface area (Å²) in [4.78, 5) is 0. The molecule has 2 saturated heterocycles. The summed E-state index contributed by atoms with van der Waals surface area (Å²) in [5.41, 5.74) is 2.06. The van der Waals surface area contributed by atoms with Crippen molar-refractivity contribution in [1.29, 1.82) is 0 Å². The molecule has 1 spiro atoms. The molecule has 3 heterocycles. The fourth-order valence-corrected chi connectivity index (χ4v) is 4.03. The van der Waals surface area contributed by atoms with Crippen LogP contribution in [0.5, 0.6) is 0 Å². The second-order valence-electron chi connectivity index (χ2n) is 7.67. The van der Waals surface area contributed by atoms with Gasteiger partial charge in [-0.2, -0.15) is 0 Å². The molecular weight excluding hydrogens is 358 g/mol. The third kappa shape index (κ3) is 4.78. The van der Waals surface area contributed by atoms with Crippen LogP contribution in [0, 0.1) is 0 Å². The normalized spacial score (nSPS) is 27.9. The second-order valence-corrected chi connectivity index (χ2v) is 7.67. The summed E-state index contributed by atoms with van der Waals surface area (Å²) in [6, 6.07) is 10.1. The van der Waals surface area contributed by atoms with Gasteiger partial charge in [-0.1, -0.05) is 35.5 Å². The first-order chi connectivity index (χ1) is 13.8. The topological polar surface area (TPSA) is 78.6 Å². The molecule has 28 heavy (non-hydrogen) atoms. The van der Waals surface area contributed by atoms with Crippen LogP contribution in [0.2, 0.25) is 0 Å². The number of nitrogens with zero attached hydrogens (tertiary/aromatic N) is 3. The van der Waals surface area contributed by atoms with Gasteiger partial charge < -0.3 is 19.3 Å². The zero-order valence-electron chi connectivity index (χ0n) is 16.2. The minimum absolute atomic E-state index is 0.0478. The van der Waals surface area contributed by atoms with Crippen molar-refractivity contribution in [3.63, 3.8) is 0 Å². The number of hydrogen-bond acceptors (Lipinski definition) is 6. The van der Waals surface area contributed by atoms with Gasteiger partial charge in [0.25, 0.3) is 0 Å². The van der Waals surface area contributed by atoms with E-state index in [9.17, 15) is 5.11 Å². The van der Waals surface area contributed by atoms with Crippen molar-refractivity contribution in [2.45, 2.75) is 69.7 Å². The fraction of sp³-hybridized carbons (Fsp3) is 0.619. The van der Waals surface area contributed by atoms with Crippen molar-refractivity contribution in [3.05, 3.63) is 47.8 Å². The average Bonchev–Trinajstić information content (AvgIpc) is 3.21. The van der Waals surface area contributed by atoms with E-state index >= 15 is 0 Å². The summed E-state index contributed by atoms with van der Waals surface area (Å²) >= 11 is 0. The van der Waals surface area contributed by atoms with Crippen molar-refractivity contribution >= 4 is 0 Å². The molecule has 2 aliphatic rings. The maximum absolute atomic E-state index is 9.45. The van der Waals surface area contributed by atoms with E-state index in [1.807, 2.05) is 24.4 Å². The van der Waals surface area contributed by atoms with Crippen molar-refractivity contribution in [2.75, 3.05) is 13.2 Å². The van der Waals surface area contributed by atoms with Gasteiger partial charge in [0.15, 0.2) is 12.0 Å². The van der Waals surface area contributed by atoms with Crippen LogP contribution in [-0.2, 0) is 27.2 Å². The molecule has 0 saturated carbocycles. The van der Waals surface area contributed by atoms with E-state index in [2.05, 4.69) is 22.4 Å². The largest absolute Gasteiger partial charge is 0.394 e. The van der Waals surface area contributed by atoms with E-state index < -0.39 is 5.79 Å². The molecule has 7 heteroatoms. The van der Waals surface area contributed by atoms with E-state index in [0.717, 1.165) is 44.2 Å². The van der Waals surface area contributed by atoms with Gasteiger partial charge in [-0.05, 0) is 31.2 Å². The molecule has 3 atom stereocenters. The summed E-state index contributed by atoms with van der Waals surface area (Å²) in [6.45, 7) is 1.25. The third-order valence-corrected chi connectivity index (χ3v) is 5.50. The Kier molecular flexibility index (Phi) is 6.36. The van der Waals surface area contributed by atoms with Crippen LogP contribution < -0.4 is 0 Å². The lowest BCUT2D eigenvalue weighted by Crippen LogP contribution is -2.47. The Bertz CT molecular complexity index is 734. The molecular formula is C21H29N3O4. The zero-order chi connectivity index (χ0) is 19.2. The summed E-state index contributed by atoms with van der Waals surface area (Å²) in [5.74, 6) is -0.584. The first kappa shape index (κ1) is 19.5. The summed E-state index contributed by atoms with van der Waals surface area (Å²) in [6.07, 6.45) is 7.92. The maximum Gasteiger partial charge on any atom is 0.171 e. The van der Waals surface area contributed by atoms with Gasteiger partial charge in [0, 0.05) is 19.3 Å². The van der Waals surface area contributed by atoms with E-state index in [4.69, 9.17) is 14.2 Å². The monoisotopic (exact) mass is 387 g/mol. The third-order valence-electron chi connectivity index (χ3n) is 5.50. The zero-order valence-corrected chi connectivity index (χ0v) is 16.2. The highest BCUT2D eigenvalue weighted by Gasteiger charge is 2.43. The highest BCUT2D eigenvalue weighted by Crippen LogP contribution is 2.41. The maximum atomic E-state index is 9.45. The number of benzene rings is 1. The van der Waals surface area contributed by atoms with Gasteiger partial charge in [-0.3, -0.25) is 0 Å². The number of ether oxygens (including phenoxy) is 3. The Morgan fingerprint density at radius 2 is 1.96 bits per heavy atom. The molecule has 152 valence electrons. The Labute approximate surface area is 165 Å². The minimum atomic E-state index is -0.584. The number of hydrogen-bond donors (Lipinski definition) is 1. The number of aliphatic hydroxyl groups is 1. The van der Waals surface area contributed by atoms with Gasteiger partial charge in [0.1, 0.15) is 0 Å². The lowest BCUT2D eigenvalue weighted by Gasteiger charge is -2.45. The summed E-state index contributed by atoms with van der Waals surface area (Å²) in [5, 5.41) is 18.0. The minimum Gasteiger partial charge on any atom is -0.394 e. The molecule has 1 N–H and O–H groups in total. The fourth-order valence-electron chi connectivity index (χ4n) is 4.03. The molecule has 1 aromatic carbocycles. The van der Waals surface area contributed by atoms with Crippen LogP contribution in [0.3, 0.4) is 0 Å². The molecule has 0 amide bonds. The van der Waals surface area contributed by atoms with Gasteiger partial charge in [0.05, 0.1) is 37.8 Å². The molecule has 2 aliphatic heterocycles. The molecule has 4 rings (SSSR count). The van der Waals surface area contributed by atoms with Gasteiger partial charge >= 0.3 is 0 Å². The SMILES string of the molecule is OC[C@H]1CCCC2(CCC[C@H](n3cc(CCOCc4ccccc4)nn3)O2)O1. The average molecular weight is 387 g/mol. The second kappa shape index (κ2) is 9.13. The van der Waals surface area contributed by atoms with Crippen molar-refractivity contribution in [1.82, 2.24) is 15.0 Å². The highest BCUT2D eigenvalue weighted by atomic mass is 16.7. The van der Waals surface area contributed by atoms with Gasteiger partial charge in [0.2, 0.25) is 0 Å². The molecule has 0 radical (unpaired) electrons. The molecule has 7 nitrogen and oxygen atoms in total. The first-order valence-electron chi connectivity index (χ1n) is 10.3. The summed E-state index contributed by atoms with van der Waals surface area (Å²) < 4.78 is 20.0. The number of aliphatic hydroxyl groups excluding tert-OH is 1. The van der Waals surface area contributed by atoms with Crippen LogP contribution in [0.1, 0.15) is 56.0 Å². The van der Waals surface area contributed by atoms with Gasteiger partial charge in [-0.25, -0.2) is 4.68 Å². The molecule has 1 aromatic heterocycles. The quantitative estimate of drug-likeness (QED) is 0.736. The van der Waals surface area contributed by atoms with Gasteiger partial charge in [-0.15, -0.1) is 5.10 Å². The Hall–Kier alpha value is -1.80. The standard InChI is InChI=1S/C21H29N3O4/c25-15-19-8-4-11-21(27-19)12-5-9-20(28-21)24-14-18(22-23-24)10-13-26-16-17-6-2-1-3-7-17/h1-3,6-7,14,19-20,25H,4-5,8-13,15-16H2/t19-,20-,21?/m1/s1. The van der Waals surface area contributed by atoms with Crippen LogP contribution in [0.4, 0.5) is 0 Å². The smallest absolute Gasteiger partial charge is 0.171 e. The molecule has 2 fully saturated rings. The first-order valence-corrected chi connectivity index (χ1v) is 10.3. The molecule has 0 bridgehead atoms. The number of rotatable bonds is 7. The van der Waals surface area contributed by atoms with E-state index in [1.165, 1.54) is 5.56 Å². The lowest BCUT2D eigenvalue weighted by molar-refractivity contribution is -0.332. The Morgan fingerprint density at radius 3 is 2.79 bits per heavy atom. The van der Waals surface area contributed by atoms with E-state index in [-0.39, 0.29) is 18.9 Å². The van der Waals surface area contributed by atoms with Crippen molar-refractivity contribution in [2.24, 2.45) is 0 Å². The predicted molar refractivity (Wildman–Crippen MR) is 102 cm³/mol. The van der Waals surface area contributed by atoms with Crippen LogP contribution >= 0.6 is 0 Å². The Morgan fingerprint density at radius 1 is 1.14 bits per heavy atom. The molecule has 1 unspecified atom stereocenters. The molecule has 0 aliphatic carbocycles. The van der Waals surface area contributed by atoms with E-state index in [1.54, 1.807) is 4.68 Å².